The maximum absolute atomic E-state index is 5.59. The van der Waals surface area contributed by atoms with Crippen molar-refractivity contribution < 1.29 is 4.74 Å². The molecule has 1 aliphatic rings. The van der Waals surface area contributed by atoms with Crippen LogP contribution >= 0.6 is 0 Å². The molecule has 1 atom stereocenters. The Balaban J connectivity index is 2.17. The minimum atomic E-state index is 0.468. The van der Waals surface area contributed by atoms with Gasteiger partial charge in [-0.25, -0.2) is 0 Å². The van der Waals surface area contributed by atoms with Crippen LogP contribution in [0.4, 0.5) is 5.69 Å². The summed E-state index contributed by atoms with van der Waals surface area (Å²) in [4.78, 5) is 6.76. The van der Waals surface area contributed by atoms with E-state index in [-0.39, 0.29) is 0 Å². The zero-order valence-electron chi connectivity index (χ0n) is 12.2. The van der Waals surface area contributed by atoms with E-state index in [2.05, 4.69) is 42.0 Å². The quantitative estimate of drug-likeness (QED) is 0.883. The number of anilines is 1. The Morgan fingerprint density at radius 3 is 3.11 bits per heavy atom. The van der Waals surface area contributed by atoms with Crippen LogP contribution in [-0.2, 0) is 11.3 Å². The van der Waals surface area contributed by atoms with Gasteiger partial charge in [-0.1, -0.05) is 20.8 Å². The van der Waals surface area contributed by atoms with Gasteiger partial charge in [-0.3, -0.25) is 4.98 Å². The molecule has 1 aromatic heterocycles. The van der Waals surface area contributed by atoms with Gasteiger partial charge in [-0.05, 0) is 18.1 Å². The summed E-state index contributed by atoms with van der Waals surface area (Å²) in [6.45, 7) is 10.0. The highest BCUT2D eigenvalue weighted by Gasteiger charge is 2.23. The van der Waals surface area contributed by atoms with Crippen LogP contribution in [0.1, 0.15) is 32.8 Å². The van der Waals surface area contributed by atoms with Crippen molar-refractivity contribution in [1.82, 2.24) is 10.3 Å². The minimum Gasteiger partial charge on any atom is -0.377 e. The zero-order chi connectivity index (χ0) is 13.7. The number of hydrogen-bond acceptors (Lipinski definition) is 4. The van der Waals surface area contributed by atoms with E-state index < -0.39 is 0 Å². The molecule has 106 valence electrons. The lowest BCUT2D eigenvalue weighted by molar-refractivity contribution is 0.0928. The van der Waals surface area contributed by atoms with Crippen LogP contribution in [-0.4, -0.2) is 36.8 Å². The second-order valence-corrected chi connectivity index (χ2v) is 5.37. The number of nitrogens with one attached hydrogen (secondary N) is 1. The third kappa shape index (κ3) is 3.67. The van der Waals surface area contributed by atoms with Crippen molar-refractivity contribution in [3.8, 4) is 0 Å². The molecule has 0 aliphatic carbocycles. The Kier molecular flexibility index (Phi) is 5.16. The van der Waals surface area contributed by atoms with Gasteiger partial charge >= 0.3 is 0 Å². The fourth-order valence-electron chi connectivity index (χ4n) is 2.45. The fraction of sp³-hybridized carbons (Fsp3) is 0.667. The van der Waals surface area contributed by atoms with Gasteiger partial charge in [0.1, 0.15) is 0 Å². The second kappa shape index (κ2) is 6.87. The molecule has 1 N–H and O–H groups in total. The standard InChI is InChI=1S/C15H25N3O/c1-4-14-11-19-8-7-18(14)15-10-16-6-5-13(15)9-17-12(2)3/h5-6,10,12,14,17H,4,7-9,11H2,1-3H3. The monoisotopic (exact) mass is 263 g/mol. The molecule has 19 heavy (non-hydrogen) atoms. The molecule has 4 heteroatoms. The predicted molar refractivity (Wildman–Crippen MR) is 78.5 cm³/mol. The van der Waals surface area contributed by atoms with E-state index in [0.717, 1.165) is 32.7 Å². The van der Waals surface area contributed by atoms with E-state index in [4.69, 9.17) is 4.74 Å². The molecule has 0 bridgehead atoms. The van der Waals surface area contributed by atoms with Gasteiger partial charge in [0, 0.05) is 25.3 Å². The topological polar surface area (TPSA) is 37.4 Å². The average Bonchev–Trinajstić information content (AvgIpc) is 2.45. The number of pyridine rings is 1. The lowest BCUT2D eigenvalue weighted by Crippen LogP contribution is -2.45. The van der Waals surface area contributed by atoms with Gasteiger partial charge < -0.3 is 15.0 Å². The Morgan fingerprint density at radius 1 is 1.53 bits per heavy atom. The molecule has 1 aliphatic heterocycles. The first-order valence-corrected chi connectivity index (χ1v) is 7.23. The normalized spacial score (nSPS) is 20.0. The van der Waals surface area contributed by atoms with Gasteiger partial charge in [0.05, 0.1) is 31.1 Å². The summed E-state index contributed by atoms with van der Waals surface area (Å²) in [6, 6.07) is 3.08. The third-order valence-corrected chi connectivity index (χ3v) is 3.60. The zero-order valence-corrected chi connectivity index (χ0v) is 12.2. The molecule has 0 radical (unpaired) electrons. The first-order chi connectivity index (χ1) is 9.22. The van der Waals surface area contributed by atoms with E-state index in [9.17, 15) is 0 Å². The van der Waals surface area contributed by atoms with Gasteiger partial charge in [-0.15, -0.1) is 0 Å². The molecule has 0 spiro atoms. The van der Waals surface area contributed by atoms with Gasteiger partial charge in [0.25, 0.3) is 0 Å². The lowest BCUT2D eigenvalue weighted by Gasteiger charge is -2.37. The first-order valence-electron chi connectivity index (χ1n) is 7.23. The molecular weight excluding hydrogens is 238 g/mol. The Labute approximate surface area is 116 Å². The largest absolute Gasteiger partial charge is 0.377 e. The highest BCUT2D eigenvalue weighted by atomic mass is 16.5. The maximum atomic E-state index is 5.59. The van der Waals surface area contributed by atoms with Crippen molar-refractivity contribution in [2.24, 2.45) is 0 Å². The Hall–Kier alpha value is -1.13. The minimum absolute atomic E-state index is 0.468. The number of nitrogens with zero attached hydrogens (tertiary/aromatic N) is 2. The highest BCUT2D eigenvalue weighted by Crippen LogP contribution is 2.24. The summed E-state index contributed by atoms with van der Waals surface area (Å²) in [5.41, 5.74) is 2.58. The summed E-state index contributed by atoms with van der Waals surface area (Å²) >= 11 is 0. The number of rotatable bonds is 5. The highest BCUT2D eigenvalue weighted by molar-refractivity contribution is 5.53. The molecule has 2 rings (SSSR count). The summed E-state index contributed by atoms with van der Waals surface area (Å²) in [6.07, 6.45) is 4.97. The van der Waals surface area contributed by atoms with E-state index >= 15 is 0 Å². The molecule has 0 amide bonds. The molecule has 1 saturated heterocycles. The van der Waals surface area contributed by atoms with Crippen LogP contribution in [0.25, 0.3) is 0 Å². The Bertz CT molecular complexity index is 395. The van der Waals surface area contributed by atoms with Crippen molar-refractivity contribution in [2.75, 3.05) is 24.7 Å². The molecule has 1 aromatic rings. The van der Waals surface area contributed by atoms with Gasteiger partial charge in [0.2, 0.25) is 0 Å². The van der Waals surface area contributed by atoms with Crippen molar-refractivity contribution in [3.05, 3.63) is 24.0 Å². The summed E-state index contributed by atoms with van der Waals surface area (Å²) in [5.74, 6) is 0. The van der Waals surface area contributed by atoms with E-state index in [0.29, 0.717) is 12.1 Å². The number of morpholine rings is 1. The van der Waals surface area contributed by atoms with Crippen molar-refractivity contribution >= 4 is 5.69 Å². The second-order valence-electron chi connectivity index (χ2n) is 5.37. The molecule has 1 unspecified atom stereocenters. The molecule has 0 saturated carbocycles. The smallest absolute Gasteiger partial charge is 0.0670 e. The van der Waals surface area contributed by atoms with Crippen LogP contribution in [0.15, 0.2) is 18.5 Å². The van der Waals surface area contributed by atoms with Crippen molar-refractivity contribution in [3.63, 3.8) is 0 Å². The van der Waals surface area contributed by atoms with E-state index in [1.54, 1.807) is 0 Å². The van der Waals surface area contributed by atoms with Gasteiger partial charge in [0.15, 0.2) is 0 Å². The summed E-state index contributed by atoms with van der Waals surface area (Å²) in [7, 11) is 0. The van der Waals surface area contributed by atoms with Crippen LogP contribution in [0.3, 0.4) is 0 Å². The SMILES string of the molecule is CCC1COCCN1c1cnccc1CNC(C)C. The van der Waals surface area contributed by atoms with E-state index in [1.165, 1.54) is 11.3 Å². The summed E-state index contributed by atoms with van der Waals surface area (Å²) < 4.78 is 5.59. The number of hydrogen-bond donors (Lipinski definition) is 1. The third-order valence-electron chi connectivity index (χ3n) is 3.60. The van der Waals surface area contributed by atoms with Crippen molar-refractivity contribution in [1.29, 1.82) is 0 Å². The predicted octanol–water partition coefficient (Wildman–Crippen LogP) is 2.19. The molecular formula is C15H25N3O. The van der Waals surface area contributed by atoms with Crippen LogP contribution < -0.4 is 10.2 Å². The molecule has 2 heterocycles. The molecule has 0 aromatic carbocycles. The molecule has 4 nitrogen and oxygen atoms in total. The number of ether oxygens (including phenoxy) is 1. The van der Waals surface area contributed by atoms with Crippen LogP contribution in [0.5, 0.6) is 0 Å². The van der Waals surface area contributed by atoms with Crippen LogP contribution in [0, 0.1) is 0 Å². The van der Waals surface area contributed by atoms with E-state index in [1.807, 2.05) is 12.4 Å². The van der Waals surface area contributed by atoms with Crippen LogP contribution in [0.2, 0.25) is 0 Å². The Morgan fingerprint density at radius 2 is 2.37 bits per heavy atom. The van der Waals surface area contributed by atoms with Crippen molar-refractivity contribution in [2.45, 2.75) is 45.8 Å². The number of aromatic nitrogens is 1. The molecule has 1 fully saturated rings. The lowest BCUT2D eigenvalue weighted by atomic mass is 10.1. The first kappa shape index (κ1) is 14.3. The fourth-order valence-corrected chi connectivity index (χ4v) is 2.45. The van der Waals surface area contributed by atoms with Gasteiger partial charge in [-0.2, -0.15) is 0 Å². The summed E-state index contributed by atoms with van der Waals surface area (Å²) in [5, 5.41) is 3.49. The average molecular weight is 263 g/mol. The maximum Gasteiger partial charge on any atom is 0.0670 e.